The number of ketones is 1. The number of aryl methyl sites for hydroxylation is 1. The lowest BCUT2D eigenvalue weighted by atomic mass is 9.81. The van der Waals surface area contributed by atoms with Gasteiger partial charge in [-0.15, -0.1) is 0 Å². The van der Waals surface area contributed by atoms with E-state index in [1.165, 1.54) is 5.56 Å². The van der Waals surface area contributed by atoms with E-state index in [2.05, 4.69) is 31.2 Å². The summed E-state index contributed by atoms with van der Waals surface area (Å²) in [5.41, 5.74) is 2.73. The molecule has 0 bridgehead atoms. The lowest BCUT2D eigenvalue weighted by Gasteiger charge is -2.33. The quantitative estimate of drug-likeness (QED) is 0.780. The molecule has 0 spiro atoms. The molecule has 0 radical (unpaired) electrons. The molecular weight excluding hydrogens is 212 g/mol. The first-order valence-electron chi connectivity index (χ1n) is 5.92. The summed E-state index contributed by atoms with van der Waals surface area (Å²) in [4.78, 5) is 11.6. The standard InChI is InChI=1S/C15H18O2/c1-11-4-6-13(7-5-11)15(17-3)9-8-14(16)12(2)10-15/h4-7,10H,8-9H2,1-3H3. The molecule has 2 heteroatoms. The zero-order valence-electron chi connectivity index (χ0n) is 10.6. The largest absolute Gasteiger partial charge is 0.369 e. The summed E-state index contributed by atoms with van der Waals surface area (Å²) in [7, 11) is 1.71. The van der Waals surface area contributed by atoms with Crippen molar-refractivity contribution in [3.8, 4) is 0 Å². The molecule has 0 N–H and O–H groups in total. The minimum absolute atomic E-state index is 0.227. The second-order valence-corrected chi connectivity index (χ2v) is 4.71. The Morgan fingerprint density at radius 2 is 1.82 bits per heavy atom. The molecule has 90 valence electrons. The topological polar surface area (TPSA) is 26.3 Å². The third kappa shape index (κ3) is 2.18. The molecule has 0 fully saturated rings. The molecule has 0 saturated carbocycles. The Bertz CT molecular complexity index is 456. The number of carbonyl (C=O) groups excluding carboxylic acids is 1. The Kier molecular flexibility index (Phi) is 3.16. The van der Waals surface area contributed by atoms with Crippen LogP contribution in [0.2, 0.25) is 0 Å². The third-order valence-corrected chi connectivity index (χ3v) is 3.52. The van der Waals surface area contributed by atoms with E-state index in [0.29, 0.717) is 6.42 Å². The van der Waals surface area contributed by atoms with Crippen LogP contribution in [-0.2, 0) is 15.1 Å². The van der Waals surface area contributed by atoms with Gasteiger partial charge in [-0.2, -0.15) is 0 Å². The fourth-order valence-electron chi connectivity index (χ4n) is 2.34. The zero-order chi connectivity index (χ0) is 12.5. The predicted molar refractivity (Wildman–Crippen MR) is 67.9 cm³/mol. The Balaban J connectivity index is 2.45. The number of hydrogen-bond donors (Lipinski definition) is 0. The molecule has 2 nitrogen and oxygen atoms in total. The molecular formula is C15H18O2. The first-order chi connectivity index (χ1) is 8.07. The minimum Gasteiger partial charge on any atom is -0.369 e. The van der Waals surface area contributed by atoms with Gasteiger partial charge in [0.2, 0.25) is 0 Å². The smallest absolute Gasteiger partial charge is 0.158 e. The van der Waals surface area contributed by atoms with Crippen molar-refractivity contribution < 1.29 is 9.53 Å². The molecule has 0 saturated heterocycles. The van der Waals surface area contributed by atoms with Crippen LogP contribution in [0.15, 0.2) is 35.9 Å². The molecule has 1 aromatic rings. The van der Waals surface area contributed by atoms with E-state index in [0.717, 1.165) is 17.6 Å². The van der Waals surface area contributed by atoms with Gasteiger partial charge < -0.3 is 4.74 Å². The molecule has 1 atom stereocenters. The summed E-state index contributed by atoms with van der Waals surface area (Å²) in [5, 5.41) is 0. The van der Waals surface area contributed by atoms with Crippen LogP contribution in [0.5, 0.6) is 0 Å². The van der Waals surface area contributed by atoms with E-state index in [4.69, 9.17) is 4.74 Å². The molecule has 0 aliphatic heterocycles. The Hall–Kier alpha value is -1.41. The van der Waals surface area contributed by atoms with Gasteiger partial charge in [-0.3, -0.25) is 4.79 Å². The molecule has 1 aliphatic carbocycles. The van der Waals surface area contributed by atoms with E-state index >= 15 is 0 Å². The molecule has 17 heavy (non-hydrogen) atoms. The fourth-order valence-corrected chi connectivity index (χ4v) is 2.34. The maximum Gasteiger partial charge on any atom is 0.158 e. The molecule has 1 unspecified atom stereocenters. The number of carbonyl (C=O) groups is 1. The summed E-state index contributed by atoms with van der Waals surface area (Å²) < 4.78 is 5.69. The minimum atomic E-state index is -0.425. The molecule has 1 aliphatic rings. The van der Waals surface area contributed by atoms with Gasteiger partial charge in [0.1, 0.15) is 5.60 Å². The van der Waals surface area contributed by atoms with E-state index in [1.807, 2.05) is 13.0 Å². The van der Waals surface area contributed by atoms with Crippen LogP contribution in [-0.4, -0.2) is 12.9 Å². The van der Waals surface area contributed by atoms with Gasteiger partial charge in [0, 0.05) is 13.5 Å². The van der Waals surface area contributed by atoms with Gasteiger partial charge in [0.15, 0.2) is 5.78 Å². The third-order valence-electron chi connectivity index (χ3n) is 3.52. The van der Waals surface area contributed by atoms with Crippen LogP contribution in [0.4, 0.5) is 0 Å². The molecule has 0 aromatic heterocycles. The highest BCUT2D eigenvalue weighted by atomic mass is 16.5. The Morgan fingerprint density at radius 3 is 2.35 bits per heavy atom. The normalized spacial score (nSPS) is 24.6. The fraction of sp³-hybridized carbons (Fsp3) is 0.400. The molecule has 0 heterocycles. The molecule has 1 aromatic carbocycles. The van der Waals surface area contributed by atoms with Crippen molar-refractivity contribution in [2.45, 2.75) is 32.3 Å². The van der Waals surface area contributed by atoms with Crippen molar-refractivity contribution in [3.63, 3.8) is 0 Å². The first kappa shape index (κ1) is 12.1. The number of hydrogen-bond acceptors (Lipinski definition) is 2. The van der Waals surface area contributed by atoms with Gasteiger partial charge in [-0.1, -0.05) is 29.8 Å². The molecule has 0 amide bonds. The summed E-state index contributed by atoms with van der Waals surface area (Å²) in [6, 6.07) is 8.32. The summed E-state index contributed by atoms with van der Waals surface area (Å²) in [5.74, 6) is 0.227. The van der Waals surface area contributed by atoms with Crippen molar-refractivity contribution in [1.82, 2.24) is 0 Å². The number of rotatable bonds is 2. The number of methoxy groups -OCH3 is 1. The molecule has 2 rings (SSSR count). The SMILES string of the molecule is COC1(c2ccc(C)cc2)C=C(C)C(=O)CC1. The average Bonchev–Trinajstić information content (AvgIpc) is 2.34. The first-order valence-corrected chi connectivity index (χ1v) is 5.92. The Labute approximate surface area is 102 Å². The van der Waals surface area contributed by atoms with Crippen LogP contribution >= 0.6 is 0 Å². The zero-order valence-corrected chi connectivity index (χ0v) is 10.6. The summed E-state index contributed by atoms with van der Waals surface area (Å²) in [6.07, 6.45) is 3.25. The van der Waals surface area contributed by atoms with Gasteiger partial charge in [0.05, 0.1) is 0 Å². The number of benzene rings is 1. The van der Waals surface area contributed by atoms with Gasteiger partial charge in [-0.05, 0) is 37.5 Å². The van der Waals surface area contributed by atoms with Gasteiger partial charge >= 0.3 is 0 Å². The van der Waals surface area contributed by atoms with E-state index in [1.54, 1.807) is 7.11 Å². The van der Waals surface area contributed by atoms with Crippen molar-refractivity contribution >= 4 is 5.78 Å². The van der Waals surface area contributed by atoms with Crippen molar-refractivity contribution in [2.75, 3.05) is 7.11 Å². The van der Waals surface area contributed by atoms with Crippen molar-refractivity contribution in [2.24, 2.45) is 0 Å². The van der Waals surface area contributed by atoms with Crippen LogP contribution in [0.1, 0.15) is 30.9 Å². The number of Topliss-reactive ketones (excluding diaryl/α,β-unsaturated/α-hetero) is 1. The monoisotopic (exact) mass is 230 g/mol. The van der Waals surface area contributed by atoms with Crippen LogP contribution in [0.3, 0.4) is 0 Å². The highest BCUT2D eigenvalue weighted by Crippen LogP contribution is 2.36. The van der Waals surface area contributed by atoms with Gasteiger partial charge in [0.25, 0.3) is 0 Å². The van der Waals surface area contributed by atoms with Crippen molar-refractivity contribution in [1.29, 1.82) is 0 Å². The lowest BCUT2D eigenvalue weighted by Crippen LogP contribution is -2.31. The van der Waals surface area contributed by atoms with Crippen molar-refractivity contribution in [3.05, 3.63) is 47.0 Å². The highest BCUT2D eigenvalue weighted by Gasteiger charge is 2.34. The number of allylic oxidation sites excluding steroid dienone is 1. The maximum atomic E-state index is 11.6. The van der Waals surface area contributed by atoms with E-state index in [-0.39, 0.29) is 5.78 Å². The average molecular weight is 230 g/mol. The second kappa shape index (κ2) is 4.46. The number of ether oxygens (including phenoxy) is 1. The summed E-state index contributed by atoms with van der Waals surface area (Å²) >= 11 is 0. The second-order valence-electron chi connectivity index (χ2n) is 4.71. The van der Waals surface area contributed by atoms with Crippen LogP contribution < -0.4 is 0 Å². The lowest BCUT2D eigenvalue weighted by molar-refractivity contribution is -0.118. The van der Waals surface area contributed by atoms with Crippen LogP contribution in [0, 0.1) is 6.92 Å². The van der Waals surface area contributed by atoms with Gasteiger partial charge in [-0.25, -0.2) is 0 Å². The van der Waals surface area contributed by atoms with Crippen LogP contribution in [0.25, 0.3) is 0 Å². The Morgan fingerprint density at radius 1 is 1.18 bits per heavy atom. The summed E-state index contributed by atoms with van der Waals surface area (Å²) in [6.45, 7) is 3.93. The van der Waals surface area contributed by atoms with E-state index < -0.39 is 5.60 Å². The van der Waals surface area contributed by atoms with E-state index in [9.17, 15) is 4.79 Å². The predicted octanol–water partition coefficient (Wildman–Crippen LogP) is 3.15. The highest BCUT2D eigenvalue weighted by molar-refractivity contribution is 5.96. The maximum absolute atomic E-state index is 11.6.